The van der Waals surface area contributed by atoms with E-state index in [4.69, 9.17) is 9.47 Å². The fourth-order valence-corrected chi connectivity index (χ4v) is 2.32. The lowest BCUT2D eigenvalue weighted by molar-refractivity contribution is -0.121. The number of carbonyl (C=O) groups is 1. The number of aliphatic imine (C=N–C) groups is 1. The first-order valence-electron chi connectivity index (χ1n) is 8.59. The van der Waals surface area contributed by atoms with Gasteiger partial charge in [0.2, 0.25) is 5.91 Å². The SMILES string of the molecule is CCNC(=NCC(=O)NC(C)(C)C)NCC1COc2ccccc2O1. The van der Waals surface area contributed by atoms with Gasteiger partial charge >= 0.3 is 0 Å². The molecule has 0 bridgehead atoms. The van der Waals surface area contributed by atoms with E-state index in [1.807, 2.05) is 52.0 Å². The third kappa shape index (κ3) is 6.52. The number of carbonyl (C=O) groups excluding carboxylic acids is 1. The standard InChI is InChI=1S/C18H28N4O3/c1-5-19-17(21-11-16(23)22-18(2,3)4)20-10-13-12-24-14-8-6-7-9-15(14)25-13/h6-9,13H,5,10-12H2,1-4H3,(H,22,23)(H2,19,20,21). The largest absolute Gasteiger partial charge is 0.486 e. The van der Waals surface area contributed by atoms with Crippen LogP contribution in [0.5, 0.6) is 11.5 Å². The molecule has 0 aromatic heterocycles. The lowest BCUT2D eigenvalue weighted by Crippen LogP contribution is -2.46. The maximum atomic E-state index is 11.9. The number of para-hydroxylation sites is 2. The second-order valence-corrected chi connectivity index (χ2v) is 6.87. The molecule has 1 aliphatic heterocycles. The van der Waals surface area contributed by atoms with Crippen LogP contribution in [-0.4, -0.2) is 49.8 Å². The van der Waals surface area contributed by atoms with Crippen molar-refractivity contribution in [2.45, 2.75) is 39.3 Å². The van der Waals surface area contributed by atoms with Gasteiger partial charge in [0.05, 0.1) is 6.54 Å². The summed E-state index contributed by atoms with van der Waals surface area (Å²) in [4.78, 5) is 16.2. The highest BCUT2D eigenvalue weighted by Gasteiger charge is 2.20. The zero-order chi connectivity index (χ0) is 18.3. The molecule has 3 N–H and O–H groups in total. The van der Waals surface area contributed by atoms with Crippen LogP contribution in [0.25, 0.3) is 0 Å². The van der Waals surface area contributed by atoms with E-state index in [0.29, 0.717) is 25.7 Å². The van der Waals surface area contributed by atoms with E-state index >= 15 is 0 Å². The van der Waals surface area contributed by atoms with Gasteiger partial charge < -0.3 is 25.4 Å². The maximum Gasteiger partial charge on any atom is 0.242 e. The highest BCUT2D eigenvalue weighted by atomic mass is 16.6. The number of benzene rings is 1. The van der Waals surface area contributed by atoms with Crippen LogP contribution in [0.2, 0.25) is 0 Å². The molecule has 1 aromatic carbocycles. The first-order chi connectivity index (χ1) is 11.9. The summed E-state index contributed by atoms with van der Waals surface area (Å²) in [5, 5.41) is 9.20. The summed E-state index contributed by atoms with van der Waals surface area (Å²) >= 11 is 0. The molecule has 1 amide bonds. The molecule has 1 aliphatic rings. The van der Waals surface area contributed by atoms with Crippen molar-refractivity contribution in [3.05, 3.63) is 24.3 Å². The van der Waals surface area contributed by atoms with Crippen molar-refractivity contribution in [3.8, 4) is 11.5 Å². The number of nitrogens with one attached hydrogen (secondary N) is 3. The van der Waals surface area contributed by atoms with Crippen LogP contribution < -0.4 is 25.4 Å². The first kappa shape index (κ1) is 18.9. The monoisotopic (exact) mass is 348 g/mol. The molecule has 0 spiro atoms. The van der Waals surface area contributed by atoms with Gasteiger partial charge in [-0.3, -0.25) is 4.79 Å². The molecular weight excluding hydrogens is 320 g/mol. The second-order valence-electron chi connectivity index (χ2n) is 6.87. The third-order valence-corrected chi connectivity index (χ3v) is 3.30. The minimum Gasteiger partial charge on any atom is -0.486 e. The number of guanidine groups is 1. The zero-order valence-corrected chi connectivity index (χ0v) is 15.4. The summed E-state index contributed by atoms with van der Waals surface area (Å²) in [5.74, 6) is 1.97. The smallest absolute Gasteiger partial charge is 0.242 e. The van der Waals surface area contributed by atoms with Gasteiger partial charge in [-0.15, -0.1) is 0 Å². The molecule has 0 saturated carbocycles. The van der Waals surface area contributed by atoms with Crippen molar-refractivity contribution in [1.29, 1.82) is 0 Å². The van der Waals surface area contributed by atoms with Gasteiger partial charge in [-0.1, -0.05) is 12.1 Å². The van der Waals surface area contributed by atoms with E-state index in [0.717, 1.165) is 11.5 Å². The van der Waals surface area contributed by atoms with Crippen LogP contribution in [0, 0.1) is 0 Å². The van der Waals surface area contributed by atoms with Gasteiger partial charge in [-0.2, -0.15) is 0 Å². The number of rotatable bonds is 5. The van der Waals surface area contributed by atoms with Crippen molar-refractivity contribution in [1.82, 2.24) is 16.0 Å². The van der Waals surface area contributed by atoms with Gasteiger partial charge in [-0.25, -0.2) is 4.99 Å². The summed E-state index contributed by atoms with van der Waals surface area (Å²) < 4.78 is 11.6. The molecular formula is C18H28N4O3. The van der Waals surface area contributed by atoms with Crippen LogP contribution in [0.4, 0.5) is 0 Å². The summed E-state index contributed by atoms with van der Waals surface area (Å²) in [7, 11) is 0. The van der Waals surface area contributed by atoms with E-state index in [-0.39, 0.29) is 24.1 Å². The second kappa shape index (κ2) is 8.60. The molecule has 0 saturated heterocycles. The number of hydrogen-bond acceptors (Lipinski definition) is 4. The van der Waals surface area contributed by atoms with E-state index in [9.17, 15) is 4.79 Å². The molecule has 7 nitrogen and oxygen atoms in total. The Labute approximate surface area is 149 Å². The lowest BCUT2D eigenvalue weighted by atomic mass is 10.1. The van der Waals surface area contributed by atoms with Gasteiger partial charge in [0.25, 0.3) is 0 Å². The highest BCUT2D eigenvalue weighted by molar-refractivity contribution is 5.85. The van der Waals surface area contributed by atoms with Crippen molar-refractivity contribution in [2.75, 3.05) is 26.2 Å². The molecule has 1 aromatic rings. The predicted molar refractivity (Wildman–Crippen MR) is 98.2 cm³/mol. The Kier molecular flexibility index (Phi) is 6.50. The zero-order valence-electron chi connectivity index (χ0n) is 15.4. The fourth-order valence-electron chi connectivity index (χ4n) is 2.32. The van der Waals surface area contributed by atoms with E-state index in [1.165, 1.54) is 0 Å². The molecule has 1 unspecified atom stereocenters. The normalized spacial score (nSPS) is 17.0. The third-order valence-electron chi connectivity index (χ3n) is 3.30. The average Bonchev–Trinajstić information content (AvgIpc) is 2.55. The number of amides is 1. The van der Waals surface area contributed by atoms with Crippen LogP contribution in [0.1, 0.15) is 27.7 Å². The Balaban J connectivity index is 1.85. The Hall–Kier alpha value is -2.44. The number of fused-ring (bicyclic) bond motifs is 1. The maximum absolute atomic E-state index is 11.9. The van der Waals surface area contributed by atoms with E-state index < -0.39 is 0 Å². The fraction of sp³-hybridized carbons (Fsp3) is 0.556. The number of nitrogens with zero attached hydrogens (tertiary/aromatic N) is 1. The van der Waals surface area contributed by atoms with Crippen LogP contribution in [0.15, 0.2) is 29.3 Å². The number of ether oxygens (including phenoxy) is 2. The molecule has 0 radical (unpaired) electrons. The van der Waals surface area contributed by atoms with Crippen molar-refractivity contribution >= 4 is 11.9 Å². The lowest BCUT2D eigenvalue weighted by Gasteiger charge is -2.27. The van der Waals surface area contributed by atoms with E-state index in [2.05, 4.69) is 20.9 Å². The molecule has 1 atom stereocenters. The summed E-state index contributed by atoms with van der Waals surface area (Å²) in [5.41, 5.74) is -0.265. The molecule has 7 heteroatoms. The van der Waals surface area contributed by atoms with Gasteiger partial charge in [0.1, 0.15) is 19.3 Å². The van der Waals surface area contributed by atoms with Crippen molar-refractivity contribution in [3.63, 3.8) is 0 Å². The number of hydrogen-bond donors (Lipinski definition) is 3. The molecule has 0 fully saturated rings. The van der Waals surface area contributed by atoms with Gasteiger partial charge in [0.15, 0.2) is 17.5 Å². The van der Waals surface area contributed by atoms with Crippen LogP contribution in [-0.2, 0) is 4.79 Å². The first-order valence-corrected chi connectivity index (χ1v) is 8.59. The average molecular weight is 348 g/mol. The predicted octanol–water partition coefficient (Wildman–Crippen LogP) is 1.30. The quantitative estimate of drug-likeness (QED) is 0.552. The summed E-state index contributed by atoms with van der Waals surface area (Å²) in [6, 6.07) is 7.60. The molecule has 0 aliphatic carbocycles. The molecule has 1 heterocycles. The van der Waals surface area contributed by atoms with E-state index in [1.54, 1.807) is 0 Å². The molecule has 25 heavy (non-hydrogen) atoms. The topological polar surface area (TPSA) is 84.0 Å². The Morgan fingerprint density at radius 1 is 1.24 bits per heavy atom. The van der Waals surface area contributed by atoms with Crippen LogP contribution in [0.3, 0.4) is 0 Å². The molecule has 2 rings (SSSR count). The molecule has 138 valence electrons. The summed E-state index contributed by atoms with van der Waals surface area (Å²) in [6.07, 6.45) is -0.123. The minimum absolute atomic E-state index is 0.0669. The van der Waals surface area contributed by atoms with Gasteiger partial charge in [0, 0.05) is 12.1 Å². The Bertz CT molecular complexity index is 611. The summed E-state index contributed by atoms with van der Waals surface area (Å²) in [6.45, 7) is 9.57. The van der Waals surface area contributed by atoms with Crippen molar-refractivity contribution in [2.24, 2.45) is 4.99 Å². The van der Waals surface area contributed by atoms with Gasteiger partial charge in [-0.05, 0) is 39.8 Å². The van der Waals surface area contributed by atoms with Crippen LogP contribution >= 0.6 is 0 Å². The Morgan fingerprint density at radius 3 is 2.64 bits per heavy atom. The minimum atomic E-state index is -0.265. The van der Waals surface area contributed by atoms with Crippen molar-refractivity contribution < 1.29 is 14.3 Å². The Morgan fingerprint density at radius 2 is 1.96 bits per heavy atom. The highest BCUT2D eigenvalue weighted by Crippen LogP contribution is 2.30.